The van der Waals surface area contributed by atoms with Crippen LogP contribution in [0.25, 0.3) is 17.1 Å². The van der Waals surface area contributed by atoms with Crippen LogP contribution in [0.15, 0.2) is 59.5 Å². The molecular weight excluding hydrogens is 330 g/mol. The van der Waals surface area contributed by atoms with Crippen LogP contribution in [0.3, 0.4) is 0 Å². The normalized spacial score (nSPS) is 17.8. The summed E-state index contributed by atoms with van der Waals surface area (Å²) in [6.07, 6.45) is 8.43. The molecule has 2 aromatic heterocycles. The number of carboxylic acid groups (broad SMARTS) is 1. The highest BCUT2D eigenvalue weighted by molar-refractivity contribution is 5.82. The first-order valence-corrected chi connectivity index (χ1v) is 8.77. The van der Waals surface area contributed by atoms with Gasteiger partial charge >= 0.3 is 5.97 Å². The Hall–Kier alpha value is -2.86. The second kappa shape index (κ2) is 6.80. The molecule has 1 saturated heterocycles. The lowest BCUT2D eigenvalue weighted by molar-refractivity contribution is -0.150. The van der Waals surface area contributed by atoms with E-state index in [4.69, 9.17) is 4.42 Å². The molecule has 0 amide bonds. The van der Waals surface area contributed by atoms with E-state index in [-0.39, 0.29) is 0 Å². The van der Waals surface area contributed by atoms with E-state index in [9.17, 15) is 9.90 Å². The van der Waals surface area contributed by atoms with Gasteiger partial charge in [-0.05, 0) is 43.2 Å². The third-order valence-corrected chi connectivity index (χ3v) is 5.18. The van der Waals surface area contributed by atoms with Crippen molar-refractivity contribution in [2.24, 2.45) is 0 Å². The first-order valence-electron chi connectivity index (χ1n) is 8.77. The molecule has 0 radical (unpaired) electrons. The van der Waals surface area contributed by atoms with Gasteiger partial charge in [0.25, 0.3) is 0 Å². The minimum atomic E-state index is -0.933. The Bertz CT molecular complexity index is 919. The number of piperidine rings is 1. The molecule has 0 unspecified atom stereocenters. The molecule has 0 spiro atoms. The zero-order valence-electron chi connectivity index (χ0n) is 14.4. The fraction of sp³-hybridized carbons (Fsp3) is 0.300. The SMILES string of the molecule is O=C(O)C1(n2cnc3ccccc32)CCN(C/C=C/c2ccco2)CC1. The van der Waals surface area contributed by atoms with Crippen molar-refractivity contribution in [2.75, 3.05) is 19.6 Å². The van der Waals surface area contributed by atoms with Crippen LogP contribution in [-0.4, -0.2) is 45.2 Å². The molecule has 4 rings (SSSR count). The van der Waals surface area contributed by atoms with Crippen molar-refractivity contribution >= 4 is 23.1 Å². The number of aromatic nitrogens is 2. The van der Waals surface area contributed by atoms with Gasteiger partial charge in [-0.2, -0.15) is 0 Å². The quantitative estimate of drug-likeness (QED) is 0.764. The lowest BCUT2D eigenvalue weighted by Crippen LogP contribution is -2.50. The van der Waals surface area contributed by atoms with E-state index in [2.05, 4.69) is 16.0 Å². The molecule has 1 N–H and O–H groups in total. The summed E-state index contributed by atoms with van der Waals surface area (Å²) in [7, 11) is 0. The smallest absolute Gasteiger partial charge is 0.330 e. The van der Waals surface area contributed by atoms with Crippen LogP contribution in [0.4, 0.5) is 0 Å². The number of hydrogen-bond acceptors (Lipinski definition) is 4. The highest BCUT2D eigenvalue weighted by Crippen LogP contribution is 2.33. The number of benzene rings is 1. The van der Waals surface area contributed by atoms with E-state index in [1.54, 1.807) is 12.6 Å². The topological polar surface area (TPSA) is 71.5 Å². The summed E-state index contributed by atoms with van der Waals surface area (Å²) in [6, 6.07) is 11.5. The number of fused-ring (bicyclic) bond motifs is 1. The van der Waals surface area contributed by atoms with E-state index >= 15 is 0 Å². The fourth-order valence-electron chi connectivity index (χ4n) is 3.67. The summed E-state index contributed by atoms with van der Waals surface area (Å²) in [5.41, 5.74) is 0.773. The lowest BCUT2D eigenvalue weighted by atomic mass is 9.87. The molecule has 3 heterocycles. The average molecular weight is 351 g/mol. The number of carboxylic acids is 1. The van der Waals surface area contributed by atoms with Gasteiger partial charge < -0.3 is 14.1 Å². The molecule has 1 fully saturated rings. The van der Waals surface area contributed by atoms with E-state index < -0.39 is 11.5 Å². The van der Waals surface area contributed by atoms with E-state index in [0.717, 1.165) is 36.4 Å². The second-order valence-corrected chi connectivity index (χ2v) is 6.66. The first-order chi connectivity index (χ1) is 12.7. The van der Waals surface area contributed by atoms with Crippen molar-refractivity contribution in [1.82, 2.24) is 14.5 Å². The Balaban J connectivity index is 1.50. The van der Waals surface area contributed by atoms with Crippen molar-refractivity contribution in [2.45, 2.75) is 18.4 Å². The summed E-state index contributed by atoms with van der Waals surface area (Å²) >= 11 is 0. The molecule has 1 aliphatic rings. The number of aliphatic carboxylic acids is 1. The first kappa shape index (κ1) is 16.6. The number of para-hydroxylation sites is 2. The Morgan fingerprint density at radius 2 is 2.04 bits per heavy atom. The fourth-order valence-corrected chi connectivity index (χ4v) is 3.67. The number of nitrogens with zero attached hydrogens (tertiary/aromatic N) is 3. The molecule has 3 aromatic rings. The van der Waals surface area contributed by atoms with Gasteiger partial charge in [0, 0.05) is 19.6 Å². The van der Waals surface area contributed by atoms with E-state index in [1.807, 2.05) is 47.0 Å². The molecule has 1 aromatic carbocycles. The van der Waals surface area contributed by atoms with Crippen LogP contribution in [0.2, 0.25) is 0 Å². The molecule has 0 atom stereocenters. The average Bonchev–Trinajstić information content (AvgIpc) is 3.32. The van der Waals surface area contributed by atoms with Gasteiger partial charge in [0.15, 0.2) is 0 Å². The Labute approximate surface area is 151 Å². The Morgan fingerprint density at radius 3 is 2.77 bits per heavy atom. The van der Waals surface area contributed by atoms with Crippen molar-refractivity contribution in [3.8, 4) is 0 Å². The number of imidazole rings is 1. The maximum atomic E-state index is 12.2. The minimum absolute atomic E-state index is 0.553. The van der Waals surface area contributed by atoms with Crippen LogP contribution in [0, 0.1) is 0 Å². The minimum Gasteiger partial charge on any atom is -0.479 e. The van der Waals surface area contributed by atoms with Gasteiger partial charge in [0.1, 0.15) is 11.3 Å². The van der Waals surface area contributed by atoms with Crippen molar-refractivity contribution < 1.29 is 14.3 Å². The lowest BCUT2D eigenvalue weighted by Gasteiger charge is -2.39. The van der Waals surface area contributed by atoms with E-state index in [0.29, 0.717) is 12.8 Å². The summed E-state index contributed by atoms with van der Waals surface area (Å²) in [6.45, 7) is 2.23. The summed E-state index contributed by atoms with van der Waals surface area (Å²) in [4.78, 5) is 18.8. The van der Waals surface area contributed by atoms with Gasteiger partial charge in [-0.25, -0.2) is 9.78 Å². The molecule has 26 heavy (non-hydrogen) atoms. The molecule has 0 bridgehead atoms. The zero-order valence-corrected chi connectivity index (χ0v) is 14.4. The molecule has 0 saturated carbocycles. The van der Waals surface area contributed by atoms with Crippen LogP contribution in [0.5, 0.6) is 0 Å². The van der Waals surface area contributed by atoms with Crippen LogP contribution < -0.4 is 0 Å². The largest absolute Gasteiger partial charge is 0.479 e. The standard InChI is InChI=1S/C20H21N3O3/c24-19(25)20(23-15-21-17-7-1-2-8-18(17)23)9-12-22(13-10-20)11-3-5-16-6-4-14-26-16/h1-8,14-15H,9-13H2,(H,24,25)/b5-3+. The number of hydrogen-bond donors (Lipinski definition) is 1. The summed E-state index contributed by atoms with van der Waals surface area (Å²) < 4.78 is 7.13. The van der Waals surface area contributed by atoms with Gasteiger partial charge in [-0.3, -0.25) is 4.90 Å². The van der Waals surface area contributed by atoms with E-state index in [1.165, 1.54) is 0 Å². The van der Waals surface area contributed by atoms with Crippen LogP contribution in [0.1, 0.15) is 18.6 Å². The monoisotopic (exact) mass is 351 g/mol. The predicted molar refractivity (Wildman–Crippen MR) is 98.8 cm³/mol. The van der Waals surface area contributed by atoms with Crippen molar-refractivity contribution in [3.05, 3.63) is 60.8 Å². The summed E-state index contributed by atoms with van der Waals surface area (Å²) in [5.74, 6) is 0.0400. The summed E-state index contributed by atoms with van der Waals surface area (Å²) in [5, 5.41) is 10.0. The van der Waals surface area contributed by atoms with Gasteiger partial charge in [0.05, 0.1) is 23.6 Å². The highest BCUT2D eigenvalue weighted by Gasteiger charge is 2.43. The third-order valence-electron chi connectivity index (χ3n) is 5.18. The molecule has 1 aliphatic heterocycles. The van der Waals surface area contributed by atoms with Crippen molar-refractivity contribution in [1.29, 1.82) is 0 Å². The van der Waals surface area contributed by atoms with Gasteiger partial charge in [0.2, 0.25) is 0 Å². The highest BCUT2D eigenvalue weighted by atomic mass is 16.4. The zero-order chi connectivity index (χ0) is 18.0. The predicted octanol–water partition coefficient (Wildman–Crippen LogP) is 3.22. The number of carbonyl (C=O) groups is 1. The molecule has 6 nitrogen and oxygen atoms in total. The number of likely N-dealkylation sites (tertiary alicyclic amines) is 1. The Kier molecular flexibility index (Phi) is 4.34. The number of rotatable bonds is 5. The van der Waals surface area contributed by atoms with Crippen LogP contribution >= 0.6 is 0 Å². The molecule has 0 aliphatic carbocycles. The molecule has 134 valence electrons. The van der Waals surface area contributed by atoms with Gasteiger partial charge in [-0.1, -0.05) is 18.2 Å². The van der Waals surface area contributed by atoms with Gasteiger partial charge in [-0.15, -0.1) is 0 Å². The maximum absolute atomic E-state index is 12.2. The Morgan fingerprint density at radius 1 is 1.23 bits per heavy atom. The third kappa shape index (κ3) is 2.93. The second-order valence-electron chi connectivity index (χ2n) is 6.66. The number of furan rings is 1. The van der Waals surface area contributed by atoms with Crippen molar-refractivity contribution in [3.63, 3.8) is 0 Å². The van der Waals surface area contributed by atoms with Crippen LogP contribution in [-0.2, 0) is 10.3 Å². The molecule has 6 heteroatoms. The maximum Gasteiger partial charge on any atom is 0.330 e. The molecular formula is C20H21N3O3.